The van der Waals surface area contributed by atoms with Crippen molar-refractivity contribution in [3.05, 3.63) is 71.9 Å². The molecule has 3 aromatic rings. The Balaban J connectivity index is 1.24. The molecular formula is C41H56N6O6. The van der Waals surface area contributed by atoms with Crippen LogP contribution in [-0.4, -0.2) is 97.3 Å². The first-order valence-corrected chi connectivity index (χ1v) is 18.8. The molecule has 3 aliphatic carbocycles. The lowest BCUT2D eigenvalue weighted by Crippen LogP contribution is -2.62. The van der Waals surface area contributed by atoms with Crippen LogP contribution in [0.1, 0.15) is 56.5 Å². The fraction of sp³-hybridized carbons (Fsp3) is 0.537. The van der Waals surface area contributed by atoms with Gasteiger partial charge in [-0.05, 0) is 78.8 Å². The van der Waals surface area contributed by atoms with Gasteiger partial charge in [0, 0.05) is 67.7 Å². The van der Waals surface area contributed by atoms with Gasteiger partial charge in [-0.1, -0.05) is 45.0 Å². The first kappa shape index (κ1) is 38.5. The van der Waals surface area contributed by atoms with Crippen molar-refractivity contribution in [1.29, 1.82) is 0 Å². The summed E-state index contributed by atoms with van der Waals surface area (Å²) in [6.07, 6.45) is 2.18. The Labute approximate surface area is 313 Å². The number of carbonyl (C=O) groups excluding carboxylic acids is 2. The Morgan fingerprint density at radius 2 is 1.91 bits per heavy atom. The Kier molecular flexibility index (Phi) is 11.6. The number of aliphatic hydroxyl groups is 2. The zero-order valence-electron chi connectivity index (χ0n) is 32.0. The number of pyridine rings is 1. The van der Waals surface area contributed by atoms with Gasteiger partial charge < -0.3 is 35.8 Å². The number of nitrogens with one attached hydrogen (secondary N) is 3. The molecule has 1 aliphatic heterocycles. The molecule has 53 heavy (non-hydrogen) atoms. The highest BCUT2D eigenvalue weighted by molar-refractivity contribution is 5.97. The molecule has 12 heteroatoms. The summed E-state index contributed by atoms with van der Waals surface area (Å²) in [7, 11) is 5.45. The number of fused-ring (bicyclic) bond motifs is 2. The van der Waals surface area contributed by atoms with Crippen molar-refractivity contribution in [3.63, 3.8) is 0 Å². The van der Waals surface area contributed by atoms with Crippen molar-refractivity contribution in [2.24, 2.45) is 29.1 Å². The number of para-hydroxylation sites is 1. The number of carbonyl (C=O) groups is 2. The number of hydroxylamine groups is 2. The van der Waals surface area contributed by atoms with Crippen LogP contribution in [0.5, 0.6) is 5.75 Å². The van der Waals surface area contributed by atoms with Crippen LogP contribution >= 0.6 is 0 Å². The summed E-state index contributed by atoms with van der Waals surface area (Å²) in [6, 6.07) is 16.3. The van der Waals surface area contributed by atoms with E-state index in [1.165, 1.54) is 6.42 Å². The van der Waals surface area contributed by atoms with Crippen molar-refractivity contribution in [2.45, 2.75) is 71.4 Å². The van der Waals surface area contributed by atoms with Crippen LogP contribution in [0, 0.1) is 29.1 Å². The summed E-state index contributed by atoms with van der Waals surface area (Å²) in [5.41, 5.74) is 3.93. The number of methoxy groups -OCH3 is 1. The third kappa shape index (κ3) is 7.87. The van der Waals surface area contributed by atoms with E-state index in [4.69, 9.17) is 9.57 Å². The Bertz CT molecular complexity index is 1750. The van der Waals surface area contributed by atoms with Gasteiger partial charge in [-0.15, -0.1) is 0 Å². The minimum atomic E-state index is -0.902. The van der Waals surface area contributed by atoms with Gasteiger partial charge in [0.25, 0.3) is 5.91 Å². The lowest BCUT2D eigenvalue weighted by atomic mass is 9.45. The van der Waals surface area contributed by atoms with Crippen LogP contribution in [0.3, 0.4) is 0 Å². The molecule has 2 bridgehead atoms. The number of nitrogens with zero attached hydrogens (tertiary/aromatic N) is 3. The number of aliphatic hydroxyl groups excluding tert-OH is 2. The molecule has 4 aliphatic rings. The predicted octanol–water partition coefficient (Wildman–Crippen LogP) is 4.33. The van der Waals surface area contributed by atoms with Gasteiger partial charge in [0.15, 0.2) is 0 Å². The molecular weight excluding hydrogens is 672 g/mol. The normalized spacial score (nSPS) is 26.6. The SMILES string of the molecule is COc1c(CN2O[C@@H](CO)[C@@H]([C@H](C)O)[C@H]2C(=O)N[C@H]2C[C@H]3C[C@@H]([C@@H]2C)C3(C)C)cccc1-c1cc(C(=O)NCCNc2ccccn2)cc(N(C)C)c1. The number of hydrogen-bond donors (Lipinski definition) is 5. The topological polar surface area (TPSA) is 149 Å². The van der Waals surface area contributed by atoms with Gasteiger partial charge >= 0.3 is 0 Å². The van der Waals surface area contributed by atoms with Crippen LogP contribution in [0.4, 0.5) is 11.5 Å². The molecule has 5 N–H and O–H groups in total. The van der Waals surface area contributed by atoms with E-state index in [0.29, 0.717) is 42.2 Å². The minimum absolute atomic E-state index is 0.0364. The number of aromatic nitrogens is 1. The standard InChI is InChI=1S/C41H56N6O6/c1-24-32-20-29(41(32,3)4)21-33(24)45-40(51)37-36(25(2)49)34(23-48)53-47(37)22-26-11-10-12-31(38(26)52-7)27-17-28(19-30(18-27)46(5)6)39(50)44-16-15-43-35-13-8-9-14-42-35/h8-14,17-19,24-25,29,32-34,36-37,48-49H,15-16,20-23H2,1-7H3,(H,42,43)(H,44,50)(H,45,51)/t24-,25-,29+,32-,33-,34-,36+,37-/m0/s1. The Hall–Kier alpha value is -4.23. The van der Waals surface area contributed by atoms with Gasteiger partial charge in [0.05, 0.1) is 26.4 Å². The lowest BCUT2D eigenvalue weighted by molar-refractivity contribution is -0.183. The summed E-state index contributed by atoms with van der Waals surface area (Å²) >= 11 is 0. The van der Waals surface area contributed by atoms with Crippen molar-refractivity contribution < 1.29 is 29.4 Å². The van der Waals surface area contributed by atoms with E-state index in [9.17, 15) is 19.8 Å². The molecule has 12 nitrogen and oxygen atoms in total. The quantitative estimate of drug-likeness (QED) is 0.152. The molecule has 2 heterocycles. The van der Waals surface area contributed by atoms with E-state index in [1.54, 1.807) is 25.3 Å². The molecule has 7 rings (SSSR count). The van der Waals surface area contributed by atoms with Gasteiger partial charge in [-0.25, -0.2) is 4.98 Å². The number of anilines is 2. The van der Waals surface area contributed by atoms with E-state index in [1.807, 2.05) is 73.6 Å². The highest BCUT2D eigenvalue weighted by Crippen LogP contribution is 2.61. The molecule has 1 saturated heterocycles. The molecule has 1 aromatic heterocycles. The van der Waals surface area contributed by atoms with Gasteiger partial charge in [0.1, 0.15) is 23.7 Å². The highest BCUT2D eigenvalue weighted by atomic mass is 16.7. The van der Waals surface area contributed by atoms with Crippen LogP contribution in [0.2, 0.25) is 0 Å². The first-order valence-electron chi connectivity index (χ1n) is 18.8. The van der Waals surface area contributed by atoms with Gasteiger partial charge in [0.2, 0.25) is 5.91 Å². The average molecular weight is 729 g/mol. The second-order valence-electron chi connectivity index (χ2n) is 15.8. The lowest BCUT2D eigenvalue weighted by Gasteiger charge is -2.62. The minimum Gasteiger partial charge on any atom is -0.496 e. The predicted molar refractivity (Wildman–Crippen MR) is 205 cm³/mol. The smallest absolute Gasteiger partial charge is 0.251 e. The third-order valence-electron chi connectivity index (χ3n) is 12.1. The molecule has 286 valence electrons. The van der Waals surface area contributed by atoms with Crippen LogP contribution < -0.4 is 25.6 Å². The number of hydrogen-bond acceptors (Lipinski definition) is 10. The summed E-state index contributed by atoms with van der Waals surface area (Å²) in [6.45, 7) is 9.29. The molecule has 0 radical (unpaired) electrons. The first-order chi connectivity index (χ1) is 25.3. The molecule has 8 atom stereocenters. The monoisotopic (exact) mass is 728 g/mol. The van der Waals surface area contributed by atoms with E-state index in [-0.39, 0.29) is 36.4 Å². The van der Waals surface area contributed by atoms with Crippen molar-refractivity contribution in [3.8, 4) is 16.9 Å². The molecule has 4 fully saturated rings. The number of ether oxygens (including phenoxy) is 1. The summed E-state index contributed by atoms with van der Waals surface area (Å²) < 4.78 is 6.05. The maximum Gasteiger partial charge on any atom is 0.251 e. The second kappa shape index (κ2) is 16.0. The van der Waals surface area contributed by atoms with Crippen molar-refractivity contribution >= 4 is 23.3 Å². The molecule has 2 amide bonds. The van der Waals surface area contributed by atoms with Crippen molar-refractivity contribution in [2.75, 3.05) is 51.1 Å². The van der Waals surface area contributed by atoms with Gasteiger partial charge in [-0.2, -0.15) is 5.06 Å². The number of amides is 2. The van der Waals surface area contributed by atoms with Crippen molar-refractivity contribution in [1.82, 2.24) is 20.7 Å². The molecule has 2 aromatic carbocycles. The zero-order valence-corrected chi connectivity index (χ0v) is 32.0. The van der Waals surface area contributed by atoms with E-state index in [0.717, 1.165) is 34.6 Å². The summed E-state index contributed by atoms with van der Waals surface area (Å²) in [5.74, 6) is 1.71. The maximum absolute atomic E-state index is 14.2. The summed E-state index contributed by atoms with van der Waals surface area (Å²) in [4.78, 5) is 40.1. The second-order valence-corrected chi connectivity index (χ2v) is 15.8. The van der Waals surface area contributed by atoms with Crippen LogP contribution in [-0.2, 0) is 16.2 Å². The largest absolute Gasteiger partial charge is 0.496 e. The van der Waals surface area contributed by atoms with E-state index < -0.39 is 24.2 Å². The highest BCUT2D eigenvalue weighted by Gasteiger charge is 2.57. The summed E-state index contributed by atoms with van der Waals surface area (Å²) in [5, 5.41) is 32.4. The maximum atomic E-state index is 14.2. The fourth-order valence-corrected chi connectivity index (χ4v) is 8.92. The third-order valence-corrected chi connectivity index (χ3v) is 12.1. The van der Waals surface area contributed by atoms with Crippen LogP contribution in [0.25, 0.3) is 11.1 Å². The van der Waals surface area contributed by atoms with E-state index >= 15 is 0 Å². The Morgan fingerprint density at radius 1 is 1.11 bits per heavy atom. The molecule has 0 spiro atoms. The zero-order chi connectivity index (χ0) is 38.0. The fourth-order valence-electron chi connectivity index (χ4n) is 8.92. The van der Waals surface area contributed by atoms with E-state index in [2.05, 4.69) is 41.7 Å². The molecule has 0 unspecified atom stereocenters. The average Bonchev–Trinajstić information content (AvgIpc) is 3.52. The van der Waals surface area contributed by atoms with Gasteiger partial charge in [-0.3, -0.25) is 14.4 Å². The number of rotatable bonds is 14. The van der Waals surface area contributed by atoms with Crippen LogP contribution in [0.15, 0.2) is 60.8 Å². The Morgan fingerprint density at radius 3 is 2.55 bits per heavy atom. The number of benzene rings is 2. The molecule has 3 saturated carbocycles.